The van der Waals surface area contributed by atoms with Gasteiger partial charge in [-0.1, -0.05) is 6.42 Å². The van der Waals surface area contributed by atoms with Crippen LogP contribution in [0.3, 0.4) is 0 Å². The number of carbonyl (C=O) groups is 1. The molecule has 0 aromatic carbocycles. The maximum Gasteiger partial charge on any atom is 0.239 e. The Labute approximate surface area is 109 Å². The molecule has 2 saturated carbocycles. The minimum atomic E-state index is -0.772. The highest BCUT2D eigenvalue weighted by Crippen LogP contribution is 2.40. The first-order valence-corrected chi connectivity index (χ1v) is 7.39. The molecule has 2 aliphatic carbocycles. The van der Waals surface area contributed by atoms with Crippen LogP contribution in [0, 0.1) is 17.8 Å². The van der Waals surface area contributed by atoms with Crippen molar-refractivity contribution in [3.05, 3.63) is 0 Å². The highest BCUT2D eigenvalue weighted by Gasteiger charge is 2.48. The van der Waals surface area contributed by atoms with E-state index in [0.29, 0.717) is 12.5 Å². The topological polar surface area (TPSA) is 72.3 Å². The molecule has 4 nitrogen and oxygen atoms in total. The molecule has 3 unspecified atom stereocenters. The maximum absolute atomic E-state index is 11.7. The lowest BCUT2D eigenvalue weighted by molar-refractivity contribution is -0.125. The summed E-state index contributed by atoms with van der Waals surface area (Å²) >= 11 is 0. The lowest BCUT2D eigenvalue weighted by Gasteiger charge is -2.44. The van der Waals surface area contributed by atoms with E-state index in [9.17, 15) is 4.79 Å². The van der Waals surface area contributed by atoms with Crippen LogP contribution < -0.4 is 11.5 Å². The van der Waals surface area contributed by atoms with Gasteiger partial charge in [0.25, 0.3) is 0 Å². The largest absolute Gasteiger partial charge is 0.368 e. The number of hydrogen-bond donors (Lipinski definition) is 2. The number of likely N-dealkylation sites (tertiary alicyclic amines) is 1. The molecule has 1 aliphatic heterocycles. The molecule has 0 radical (unpaired) electrons. The van der Waals surface area contributed by atoms with Gasteiger partial charge in [-0.15, -0.1) is 0 Å². The van der Waals surface area contributed by atoms with Gasteiger partial charge in [-0.25, -0.2) is 0 Å². The summed E-state index contributed by atoms with van der Waals surface area (Å²) in [5.74, 6) is 1.68. The normalized spacial score (nSPS) is 36.1. The average Bonchev–Trinajstić information content (AvgIpc) is 3.12. The second-order valence-corrected chi connectivity index (χ2v) is 6.77. The number of fused-ring (bicyclic) bond motifs is 2. The third-order valence-electron chi connectivity index (χ3n) is 5.17. The molecule has 1 saturated heterocycles. The predicted molar refractivity (Wildman–Crippen MR) is 70.7 cm³/mol. The molecule has 0 spiro atoms. The molecule has 1 amide bonds. The number of primary amides is 1. The van der Waals surface area contributed by atoms with E-state index in [2.05, 4.69) is 4.90 Å². The van der Waals surface area contributed by atoms with Gasteiger partial charge >= 0.3 is 0 Å². The van der Waals surface area contributed by atoms with Crippen LogP contribution in [-0.2, 0) is 4.79 Å². The zero-order valence-corrected chi connectivity index (χ0v) is 11.1. The smallest absolute Gasteiger partial charge is 0.239 e. The molecule has 3 aliphatic rings. The zero-order valence-electron chi connectivity index (χ0n) is 11.1. The summed E-state index contributed by atoms with van der Waals surface area (Å²) in [6, 6.07) is 0. The van der Waals surface area contributed by atoms with Crippen molar-refractivity contribution in [3.8, 4) is 0 Å². The Balaban J connectivity index is 1.66. The van der Waals surface area contributed by atoms with Crippen LogP contribution in [0.25, 0.3) is 0 Å². The van der Waals surface area contributed by atoms with E-state index in [1.807, 2.05) is 0 Å². The van der Waals surface area contributed by atoms with Crippen LogP contribution >= 0.6 is 0 Å². The molecule has 0 aromatic rings. The fraction of sp³-hybridized carbons (Fsp3) is 0.929. The van der Waals surface area contributed by atoms with Gasteiger partial charge < -0.3 is 16.4 Å². The van der Waals surface area contributed by atoms with Crippen LogP contribution in [-0.4, -0.2) is 36.0 Å². The standard InChI is InChI=1S/C14H25N3O/c15-13(18)14(16,12-4-5-12)9-17-7-10-2-1-3-11(6-10)8-17/h10-12H,1-9,16H2,(H2,15,18). The number of nitrogens with zero attached hydrogens (tertiary/aromatic N) is 1. The third-order valence-corrected chi connectivity index (χ3v) is 5.17. The molecule has 4 N–H and O–H groups in total. The van der Waals surface area contributed by atoms with Gasteiger partial charge in [0.15, 0.2) is 0 Å². The predicted octanol–water partition coefficient (Wildman–Crippen LogP) is 0.701. The summed E-state index contributed by atoms with van der Waals surface area (Å²) in [6.07, 6.45) is 7.61. The minimum absolute atomic E-state index is 0.305. The van der Waals surface area contributed by atoms with Gasteiger partial charge in [0.1, 0.15) is 5.54 Å². The van der Waals surface area contributed by atoms with Crippen molar-refractivity contribution in [3.63, 3.8) is 0 Å². The van der Waals surface area contributed by atoms with Crippen LogP contribution in [0.5, 0.6) is 0 Å². The number of piperidine rings is 1. The maximum atomic E-state index is 11.7. The average molecular weight is 251 g/mol. The van der Waals surface area contributed by atoms with Crippen molar-refractivity contribution >= 4 is 5.91 Å². The van der Waals surface area contributed by atoms with Gasteiger partial charge in [-0.05, 0) is 49.9 Å². The molecule has 1 heterocycles. The number of rotatable bonds is 4. The van der Waals surface area contributed by atoms with Crippen molar-refractivity contribution < 1.29 is 4.79 Å². The summed E-state index contributed by atoms with van der Waals surface area (Å²) in [5, 5.41) is 0. The van der Waals surface area contributed by atoms with Crippen molar-refractivity contribution in [2.75, 3.05) is 19.6 Å². The van der Waals surface area contributed by atoms with E-state index in [1.54, 1.807) is 0 Å². The van der Waals surface area contributed by atoms with Gasteiger partial charge in [0, 0.05) is 19.6 Å². The highest BCUT2D eigenvalue weighted by molar-refractivity contribution is 5.85. The Kier molecular flexibility index (Phi) is 3.10. The van der Waals surface area contributed by atoms with Gasteiger partial charge in [-0.3, -0.25) is 4.79 Å². The SMILES string of the molecule is NC(=O)C(N)(CN1CC2CCCC(C2)C1)C1CC1. The fourth-order valence-electron chi connectivity index (χ4n) is 4.04. The molecular weight excluding hydrogens is 226 g/mol. The summed E-state index contributed by atoms with van der Waals surface area (Å²) in [7, 11) is 0. The van der Waals surface area contributed by atoms with Crippen molar-refractivity contribution in [2.24, 2.45) is 29.2 Å². The summed E-state index contributed by atoms with van der Waals surface area (Å²) < 4.78 is 0. The number of amides is 1. The number of carbonyl (C=O) groups excluding carboxylic acids is 1. The molecule has 3 rings (SSSR count). The van der Waals surface area contributed by atoms with Gasteiger partial charge in [-0.2, -0.15) is 0 Å². The van der Waals surface area contributed by atoms with Crippen LogP contribution in [0.2, 0.25) is 0 Å². The second kappa shape index (κ2) is 4.49. The number of nitrogens with two attached hydrogens (primary N) is 2. The lowest BCUT2D eigenvalue weighted by Crippen LogP contribution is -2.62. The Morgan fingerprint density at radius 3 is 2.28 bits per heavy atom. The quantitative estimate of drug-likeness (QED) is 0.772. The molecule has 4 heteroatoms. The molecule has 18 heavy (non-hydrogen) atoms. The first-order chi connectivity index (χ1) is 8.58. The van der Waals surface area contributed by atoms with Crippen LogP contribution in [0.15, 0.2) is 0 Å². The molecule has 2 bridgehead atoms. The van der Waals surface area contributed by atoms with E-state index in [1.165, 1.54) is 25.7 Å². The summed E-state index contributed by atoms with van der Waals surface area (Å²) in [6.45, 7) is 2.92. The van der Waals surface area contributed by atoms with Gasteiger partial charge in [0.2, 0.25) is 5.91 Å². The monoisotopic (exact) mass is 251 g/mol. The third kappa shape index (κ3) is 2.28. The fourth-order valence-corrected chi connectivity index (χ4v) is 4.04. The first kappa shape index (κ1) is 12.4. The summed E-state index contributed by atoms with van der Waals surface area (Å²) in [4.78, 5) is 14.1. The molecule has 3 atom stereocenters. The van der Waals surface area contributed by atoms with E-state index < -0.39 is 5.54 Å². The van der Waals surface area contributed by atoms with E-state index in [4.69, 9.17) is 11.5 Å². The molecule has 0 aromatic heterocycles. The first-order valence-electron chi connectivity index (χ1n) is 7.39. The molecule has 102 valence electrons. The minimum Gasteiger partial charge on any atom is -0.368 e. The van der Waals surface area contributed by atoms with Crippen LogP contribution in [0.1, 0.15) is 38.5 Å². The Morgan fingerprint density at radius 1 is 1.17 bits per heavy atom. The molecule has 3 fully saturated rings. The molecular formula is C14H25N3O. The zero-order chi connectivity index (χ0) is 12.8. The Morgan fingerprint density at radius 2 is 1.78 bits per heavy atom. The van der Waals surface area contributed by atoms with Crippen molar-refractivity contribution in [1.29, 1.82) is 0 Å². The Bertz CT molecular complexity index is 330. The second-order valence-electron chi connectivity index (χ2n) is 6.77. The summed E-state index contributed by atoms with van der Waals surface area (Å²) in [5.41, 5.74) is 11.1. The van der Waals surface area contributed by atoms with Crippen molar-refractivity contribution in [1.82, 2.24) is 4.90 Å². The van der Waals surface area contributed by atoms with Crippen LogP contribution in [0.4, 0.5) is 0 Å². The van der Waals surface area contributed by atoms with E-state index >= 15 is 0 Å². The number of hydrogen-bond acceptors (Lipinski definition) is 3. The highest BCUT2D eigenvalue weighted by atomic mass is 16.1. The van der Waals surface area contributed by atoms with E-state index in [-0.39, 0.29) is 5.91 Å². The Hall–Kier alpha value is -0.610. The van der Waals surface area contributed by atoms with Gasteiger partial charge in [0.05, 0.1) is 0 Å². The van der Waals surface area contributed by atoms with Crippen molar-refractivity contribution in [2.45, 2.75) is 44.1 Å². The lowest BCUT2D eigenvalue weighted by atomic mass is 9.77. The van der Waals surface area contributed by atoms with E-state index in [0.717, 1.165) is 37.8 Å².